The number of nitrogens with one attached hydrogen (secondary N) is 1. The van der Waals surface area contributed by atoms with Gasteiger partial charge in [0, 0.05) is 34.2 Å². The molecule has 106 valence electrons. The Labute approximate surface area is 120 Å². The van der Waals surface area contributed by atoms with E-state index in [1.165, 1.54) is 0 Å². The SMILES string of the molecule is CCS(=O)CCNC(=O)c1cc(N)nc2ccccc12. The minimum Gasteiger partial charge on any atom is -0.384 e. The molecule has 1 atom stereocenters. The average molecular weight is 291 g/mol. The van der Waals surface area contributed by atoms with E-state index in [-0.39, 0.29) is 5.91 Å². The quantitative estimate of drug-likeness (QED) is 0.870. The molecule has 0 saturated heterocycles. The lowest BCUT2D eigenvalue weighted by molar-refractivity contribution is 0.0958. The van der Waals surface area contributed by atoms with Gasteiger partial charge in [-0.25, -0.2) is 4.98 Å². The molecule has 0 fully saturated rings. The van der Waals surface area contributed by atoms with Crippen molar-refractivity contribution in [3.63, 3.8) is 0 Å². The Morgan fingerprint density at radius 2 is 2.15 bits per heavy atom. The second-order valence-corrected chi connectivity index (χ2v) is 6.17. The average Bonchev–Trinajstić information content (AvgIpc) is 2.45. The first-order valence-corrected chi connectivity index (χ1v) is 7.89. The molecule has 0 spiro atoms. The number of nitrogen functional groups attached to an aromatic ring is 1. The van der Waals surface area contributed by atoms with Crippen molar-refractivity contribution in [2.45, 2.75) is 6.92 Å². The van der Waals surface area contributed by atoms with Gasteiger partial charge >= 0.3 is 0 Å². The number of pyridine rings is 1. The summed E-state index contributed by atoms with van der Waals surface area (Å²) < 4.78 is 11.3. The highest BCUT2D eigenvalue weighted by Crippen LogP contribution is 2.19. The Kier molecular flexibility index (Phi) is 4.68. The van der Waals surface area contributed by atoms with Gasteiger partial charge in [-0.3, -0.25) is 9.00 Å². The minimum atomic E-state index is -0.883. The molecule has 0 aliphatic rings. The molecule has 1 aromatic heterocycles. The largest absolute Gasteiger partial charge is 0.384 e. The fraction of sp³-hybridized carbons (Fsp3) is 0.286. The van der Waals surface area contributed by atoms with E-state index in [4.69, 9.17) is 5.73 Å². The number of nitrogens with zero attached hydrogens (tertiary/aromatic N) is 1. The number of fused-ring (bicyclic) bond motifs is 1. The van der Waals surface area contributed by atoms with Crippen LogP contribution in [0, 0.1) is 0 Å². The van der Waals surface area contributed by atoms with Crippen LogP contribution in [-0.2, 0) is 10.8 Å². The van der Waals surface area contributed by atoms with Gasteiger partial charge < -0.3 is 11.1 Å². The third kappa shape index (κ3) is 3.33. The van der Waals surface area contributed by atoms with Crippen LogP contribution in [0.15, 0.2) is 30.3 Å². The summed E-state index contributed by atoms with van der Waals surface area (Å²) in [6, 6.07) is 8.91. The number of hydrogen-bond donors (Lipinski definition) is 2. The predicted molar refractivity (Wildman–Crippen MR) is 82.0 cm³/mol. The maximum Gasteiger partial charge on any atom is 0.252 e. The Morgan fingerprint density at radius 3 is 2.90 bits per heavy atom. The molecule has 0 aliphatic heterocycles. The van der Waals surface area contributed by atoms with Gasteiger partial charge in [-0.1, -0.05) is 25.1 Å². The zero-order valence-electron chi connectivity index (χ0n) is 11.3. The third-order valence-electron chi connectivity index (χ3n) is 2.92. The van der Waals surface area contributed by atoms with Gasteiger partial charge in [0.2, 0.25) is 0 Å². The summed E-state index contributed by atoms with van der Waals surface area (Å²) in [5.74, 6) is 1.15. The lowest BCUT2D eigenvalue weighted by atomic mass is 10.1. The number of nitrogens with two attached hydrogens (primary N) is 1. The lowest BCUT2D eigenvalue weighted by Crippen LogP contribution is -2.28. The molecular formula is C14H17N3O2S. The Bertz CT molecular complexity index is 658. The summed E-state index contributed by atoms with van der Waals surface area (Å²) in [7, 11) is -0.883. The maximum absolute atomic E-state index is 12.2. The van der Waals surface area contributed by atoms with Crippen molar-refractivity contribution in [1.82, 2.24) is 10.3 Å². The summed E-state index contributed by atoms with van der Waals surface area (Å²) in [5, 5.41) is 3.53. The van der Waals surface area contributed by atoms with Crippen LogP contribution in [0.5, 0.6) is 0 Å². The molecule has 0 radical (unpaired) electrons. The standard InChI is InChI=1S/C14H17N3O2S/c1-2-20(19)8-7-16-14(18)11-9-13(15)17-12-6-4-3-5-10(11)12/h3-6,9H,2,7-8H2,1H3,(H2,15,17)(H,16,18). The summed E-state index contributed by atoms with van der Waals surface area (Å²) in [5.41, 5.74) is 6.91. The van der Waals surface area contributed by atoms with Crippen LogP contribution in [0.2, 0.25) is 0 Å². The second kappa shape index (κ2) is 6.47. The zero-order valence-corrected chi connectivity index (χ0v) is 12.1. The molecule has 6 heteroatoms. The van der Waals surface area contributed by atoms with Crippen molar-refractivity contribution in [2.75, 3.05) is 23.8 Å². The van der Waals surface area contributed by atoms with E-state index in [9.17, 15) is 9.00 Å². The van der Waals surface area contributed by atoms with Crippen molar-refractivity contribution < 1.29 is 9.00 Å². The number of para-hydroxylation sites is 1. The normalized spacial score (nSPS) is 12.2. The van der Waals surface area contributed by atoms with Crippen LogP contribution >= 0.6 is 0 Å². The minimum absolute atomic E-state index is 0.219. The van der Waals surface area contributed by atoms with E-state index in [1.54, 1.807) is 6.07 Å². The van der Waals surface area contributed by atoms with Crippen molar-refractivity contribution >= 4 is 33.4 Å². The van der Waals surface area contributed by atoms with E-state index in [0.29, 0.717) is 34.9 Å². The van der Waals surface area contributed by atoms with Crippen LogP contribution < -0.4 is 11.1 Å². The van der Waals surface area contributed by atoms with Gasteiger partial charge in [-0.2, -0.15) is 0 Å². The highest BCUT2D eigenvalue weighted by atomic mass is 32.2. The molecule has 1 amide bonds. The predicted octanol–water partition coefficient (Wildman–Crippen LogP) is 1.32. The molecule has 3 N–H and O–H groups in total. The van der Waals surface area contributed by atoms with E-state index >= 15 is 0 Å². The molecule has 2 rings (SSSR count). The van der Waals surface area contributed by atoms with Crippen molar-refractivity contribution in [2.24, 2.45) is 0 Å². The van der Waals surface area contributed by atoms with Crippen LogP contribution in [0.3, 0.4) is 0 Å². The van der Waals surface area contributed by atoms with Gasteiger partial charge in [0.1, 0.15) is 5.82 Å². The highest BCUT2D eigenvalue weighted by Gasteiger charge is 2.11. The molecule has 1 heterocycles. The molecule has 1 unspecified atom stereocenters. The summed E-state index contributed by atoms with van der Waals surface area (Å²) in [6.07, 6.45) is 0. The van der Waals surface area contributed by atoms with Crippen LogP contribution in [0.25, 0.3) is 10.9 Å². The number of anilines is 1. The zero-order chi connectivity index (χ0) is 14.5. The van der Waals surface area contributed by atoms with Crippen molar-refractivity contribution in [3.8, 4) is 0 Å². The molecule has 0 bridgehead atoms. The van der Waals surface area contributed by atoms with E-state index < -0.39 is 10.8 Å². The topological polar surface area (TPSA) is 85.1 Å². The second-order valence-electron chi connectivity index (χ2n) is 4.30. The molecule has 0 saturated carbocycles. The molecule has 0 aliphatic carbocycles. The fourth-order valence-corrected chi connectivity index (χ4v) is 2.52. The molecule has 20 heavy (non-hydrogen) atoms. The van der Waals surface area contributed by atoms with Gasteiger partial charge in [-0.15, -0.1) is 0 Å². The summed E-state index contributed by atoms with van der Waals surface area (Å²) in [6.45, 7) is 2.24. The molecule has 1 aromatic carbocycles. The van der Waals surface area contributed by atoms with Crippen LogP contribution in [-0.4, -0.2) is 33.2 Å². The number of hydrogen-bond acceptors (Lipinski definition) is 4. The number of benzene rings is 1. The summed E-state index contributed by atoms with van der Waals surface area (Å²) in [4.78, 5) is 16.4. The number of rotatable bonds is 5. The Morgan fingerprint density at radius 1 is 1.40 bits per heavy atom. The molecule has 5 nitrogen and oxygen atoms in total. The highest BCUT2D eigenvalue weighted by molar-refractivity contribution is 7.84. The number of carbonyl (C=O) groups is 1. The number of amides is 1. The number of carbonyl (C=O) groups excluding carboxylic acids is 1. The van der Waals surface area contributed by atoms with Gasteiger partial charge in [-0.05, 0) is 12.1 Å². The van der Waals surface area contributed by atoms with Crippen molar-refractivity contribution in [1.29, 1.82) is 0 Å². The van der Waals surface area contributed by atoms with Crippen molar-refractivity contribution in [3.05, 3.63) is 35.9 Å². The monoisotopic (exact) mass is 291 g/mol. The van der Waals surface area contributed by atoms with Crippen LogP contribution in [0.4, 0.5) is 5.82 Å². The Hall–Kier alpha value is -1.95. The van der Waals surface area contributed by atoms with E-state index in [0.717, 1.165) is 5.39 Å². The lowest BCUT2D eigenvalue weighted by Gasteiger charge is -2.08. The fourth-order valence-electron chi connectivity index (χ4n) is 1.90. The van der Waals surface area contributed by atoms with E-state index in [1.807, 2.05) is 31.2 Å². The smallest absolute Gasteiger partial charge is 0.252 e. The van der Waals surface area contributed by atoms with Gasteiger partial charge in [0.25, 0.3) is 5.91 Å². The summed E-state index contributed by atoms with van der Waals surface area (Å²) >= 11 is 0. The number of aromatic nitrogens is 1. The first-order valence-electron chi connectivity index (χ1n) is 6.40. The molecular weight excluding hydrogens is 274 g/mol. The maximum atomic E-state index is 12.2. The first kappa shape index (κ1) is 14.5. The van der Waals surface area contributed by atoms with Gasteiger partial charge in [0.05, 0.1) is 11.1 Å². The first-order chi connectivity index (χ1) is 9.61. The van der Waals surface area contributed by atoms with Crippen LogP contribution in [0.1, 0.15) is 17.3 Å². The third-order valence-corrected chi connectivity index (χ3v) is 4.22. The molecule has 2 aromatic rings. The van der Waals surface area contributed by atoms with E-state index in [2.05, 4.69) is 10.3 Å². The van der Waals surface area contributed by atoms with Gasteiger partial charge in [0.15, 0.2) is 0 Å². The Balaban J connectivity index is 2.19.